The smallest absolute Gasteiger partial charge is 0.249 e. The normalized spacial score (nSPS) is 13.7. The fourth-order valence-corrected chi connectivity index (χ4v) is 3.25. The maximum absolute atomic E-state index is 6.12. The molecule has 0 fully saturated rings. The van der Waals surface area contributed by atoms with E-state index in [1.165, 1.54) is 31.3 Å². The lowest BCUT2D eigenvalue weighted by Crippen LogP contribution is -2.39. The van der Waals surface area contributed by atoms with Gasteiger partial charge in [-0.05, 0) is 49.9 Å². The van der Waals surface area contributed by atoms with Crippen molar-refractivity contribution in [2.45, 2.75) is 104 Å². The lowest BCUT2D eigenvalue weighted by Gasteiger charge is -2.34. The highest BCUT2D eigenvalue weighted by Gasteiger charge is 2.37. The van der Waals surface area contributed by atoms with Gasteiger partial charge in [-0.3, -0.25) is 0 Å². The molecule has 0 aromatic carbocycles. The van der Waals surface area contributed by atoms with E-state index < -0.39 is 16.4 Å². The number of hydrogen-bond donors (Lipinski definition) is 0. The van der Waals surface area contributed by atoms with Gasteiger partial charge in [0.2, 0.25) is 8.32 Å². The minimum atomic E-state index is -1.67. The Morgan fingerprint density at radius 3 is 2.16 bits per heavy atom. The van der Waals surface area contributed by atoms with Crippen LogP contribution in [0.25, 0.3) is 0 Å². The second-order valence-electron chi connectivity index (χ2n) is 9.57. The third-order valence-electron chi connectivity index (χ3n) is 4.72. The Bertz CT molecular complexity index is 491. The van der Waals surface area contributed by atoms with Gasteiger partial charge in [-0.15, -0.1) is 5.54 Å². The minimum Gasteiger partial charge on any atom is -0.549 e. The Balaban J connectivity index is 4.63. The number of hydrogen-bond acceptors (Lipinski definition) is 1. The van der Waals surface area contributed by atoms with Crippen LogP contribution in [-0.2, 0) is 4.43 Å². The zero-order chi connectivity index (χ0) is 19.6. The van der Waals surface area contributed by atoms with E-state index in [2.05, 4.69) is 84.0 Å². The fraction of sp³-hybridized carbons (Fsp3) is 0.727. The van der Waals surface area contributed by atoms with Crippen molar-refractivity contribution in [3.05, 3.63) is 24.0 Å². The maximum atomic E-state index is 6.12. The number of unbranched alkanes of at least 4 members (excludes halogenated alkanes) is 2. The second-order valence-corrected chi connectivity index (χ2v) is 19.1. The van der Waals surface area contributed by atoms with E-state index in [0.717, 1.165) is 12.8 Å². The van der Waals surface area contributed by atoms with Crippen molar-refractivity contribution in [3.8, 4) is 11.5 Å². The summed E-state index contributed by atoms with van der Waals surface area (Å²) in [7, 11) is -2.95. The average molecular weight is 379 g/mol. The van der Waals surface area contributed by atoms with Crippen molar-refractivity contribution >= 4 is 16.4 Å². The van der Waals surface area contributed by atoms with Crippen LogP contribution in [0, 0.1) is 11.5 Å². The molecule has 0 amide bonds. The summed E-state index contributed by atoms with van der Waals surface area (Å²) >= 11 is 0. The molecule has 0 bridgehead atoms. The quantitative estimate of drug-likeness (QED) is 0.173. The molecule has 1 nitrogen and oxygen atoms in total. The van der Waals surface area contributed by atoms with Gasteiger partial charge < -0.3 is 4.43 Å². The summed E-state index contributed by atoms with van der Waals surface area (Å²) < 4.78 is 6.12. The van der Waals surface area contributed by atoms with E-state index in [4.69, 9.17) is 4.43 Å². The molecule has 0 aliphatic heterocycles. The van der Waals surface area contributed by atoms with E-state index in [1.54, 1.807) is 0 Å². The molecule has 0 heterocycles. The van der Waals surface area contributed by atoms with Gasteiger partial charge in [0.15, 0.2) is 0 Å². The number of rotatable bonds is 9. The predicted octanol–water partition coefficient (Wildman–Crippen LogP) is 7.69. The first-order valence-corrected chi connectivity index (χ1v) is 16.3. The Labute approximate surface area is 160 Å². The van der Waals surface area contributed by atoms with Crippen molar-refractivity contribution in [1.29, 1.82) is 0 Å². The van der Waals surface area contributed by atoms with Crippen LogP contribution in [0.15, 0.2) is 24.0 Å². The molecule has 0 spiro atoms. The van der Waals surface area contributed by atoms with E-state index in [1.807, 2.05) is 6.26 Å². The first kappa shape index (κ1) is 24.3. The summed E-state index contributed by atoms with van der Waals surface area (Å²) in [6.45, 7) is 20.6. The topological polar surface area (TPSA) is 9.23 Å². The Morgan fingerprint density at radius 2 is 1.64 bits per heavy atom. The summed E-state index contributed by atoms with van der Waals surface area (Å²) in [5.74, 6) is 3.34. The zero-order valence-corrected chi connectivity index (χ0v) is 20.4. The predicted molar refractivity (Wildman–Crippen MR) is 120 cm³/mol. The highest BCUT2D eigenvalue weighted by Crippen LogP contribution is 2.36. The first-order chi connectivity index (χ1) is 11.4. The molecule has 0 atom stereocenters. The number of allylic oxidation sites excluding steroid dienone is 3. The lowest BCUT2D eigenvalue weighted by molar-refractivity contribution is 0.428. The molecule has 0 radical (unpaired) electrons. The van der Waals surface area contributed by atoms with Crippen molar-refractivity contribution < 1.29 is 4.43 Å². The molecule has 144 valence electrons. The Hall–Kier alpha value is -0.726. The molecule has 0 saturated heterocycles. The average Bonchev–Trinajstić information content (AvgIpc) is 2.43. The van der Waals surface area contributed by atoms with Gasteiger partial charge in [-0.25, -0.2) is 0 Å². The van der Waals surface area contributed by atoms with Gasteiger partial charge in [-0.1, -0.05) is 77.7 Å². The van der Waals surface area contributed by atoms with Crippen molar-refractivity contribution in [2.24, 2.45) is 0 Å². The van der Waals surface area contributed by atoms with Gasteiger partial charge in [0, 0.05) is 0 Å². The van der Waals surface area contributed by atoms with Crippen LogP contribution in [-0.4, -0.2) is 16.4 Å². The molecule has 0 aliphatic rings. The maximum Gasteiger partial charge on any atom is 0.249 e. The third kappa shape index (κ3) is 12.3. The summed E-state index contributed by atoms with van der Waals surface area (Å²) in [6.07, 6.45) is 13.5. The highest BCUT2D eigenvalue weighted by atomic mass is 28.4. The molecule has 0 aromatic heterocycles. The van der Waals surface area contributed by atoms with Gasteiger partial charge >= 0.3 is 0 Å². The Kier molecular flexibility index (Phi) is 10.8. The molecule has 0 N–H and O–H groups in total. The molecular weight excluding hydrogens is 336 g/mol. The van der Waals surface area contributed by atoms with E-state index in [9.17, 15) is 0 Å². The standard InChI is InChI=1S/C22H42OSi2/c1-10-11-12-16-21(18-15-20-24(5,6)7)17-13-14-19-23-25(8,9)22(2,3)4/h14,18-19H,10-13,16-17H2,1-9H3/b19-14+,21-18+. The molecular formula is C22H42OSi2. The van der Waals surface area contributed by atoms with E-state index >= 15 is 0 Å². The summed E-state index contributed by atoms with van der Waals surface area (Å²) in [5, 5.41) is 0.259. The van der Waals surface area contributed by atoms with Crippen LogP contribution in [0.4, 0.5) is 0 Å². The van der Waals surface area contributed by atoms with Gasteiger partial charge in [-0.2, -0.15) is 0 Å². The van der Waals surface area contributed by atoms with Crippen molar-refractivity contribution in [3.63, 3.8) is 0 Å². The monoisotopic (exact) mass is 378 g/mol. The second kappa shape index (κ2) is 11.1. The lowest BCUT2D eigenvalue weighted by atomic mass is 10.0. The third-order valence-corrected chi connectivity index (χ3v) is 9.95. The van der Waals surface area contributed by atoms with Crippen LogP contribution in [0.2, 0.25) is 37.8 Å². The summed E-state index contributed by atoms with van der Waals surface area (Å²) in [5.41, 5.74) is 4.95. The molecule has 25 heavy (non-hydrogen) atoms. The van der Waals surface area contributed by atoms with Crippen LogP contribution < -0.4 is 0 Å². The van der Waals surface area contributed by atoms with Crippen LogP contribution in [0.5, 0.6) is 0 Å². The molecule has 0 saturated carbocycles. The minimum absolute atomic E-state index is 0.259. The SMILES string of the molecule is CCCCC/C(=C\C#C[Si](C)(C)C)CC/C=C/O[Si](C)(C)C(C)(C)C. The van der Waals surface area contributed by atoms with Gasteiger partial charge in [0.25, 0.3) is 0 Å². The van der Waals surface area contributed by atoms with Crippen LogP contribution in [0.3, 0.4) is 0 Å². The largest absolute Gasteiger partial charge is 0.549 e. The molecule has 0 rings (SSSR count). The molecule has 0 unspecified atom stereocenters. The van der Waals surface area contributed by atoms with Gasteiger partial charge in [0.05, 0.1) is 6.26 Å². The van der Waals surface area contributed by atoms with Crippen LogP contribution >= 0.6 is 0 Å². The first-order valence-electron chi connectivity index (χ1n) is 9.92. The van der Waals surface area contributed by atoms with Crippen molar-refractivity contribution in [1.82, 2.24) is 0 Å². The van der Waals surface area contributed by atoms with Gasteiger partial charge in [0.1, 0.15) is 8.07 Å². The highest BCUT2D eigenvalue weighted by molar-refractivity contribution is 6.83. The van der Waals surface area contributed by atoms with E-state index in [-0.39, 0.29) is 5.04 Å². The molecule has 0 aromatic rings. The Morgan fingerprint density at radius 1 is 1.00 bits per heavy atom. The fourth-order valence-electron chi connectivity index (χ4n) is 1.96. The van der Waals surface area contributed by atoms with E-state index in [0.29, 0.717) is 0 Å². The zero-order valence-electron chi connectivity index (χ0n) is 18.4. The molecule has 3 heteroatoms. The van der Waals surface area contributed by atoms with Crippen molar-refractivity contribution in [2.75, 3.05) is 0 Å². The van der Waals surface area contributed by atoms with Crippen LogP contribution in [0.1, 0.15) is 66.2 Å². The molecule has 0 aliphatic carbocycles. The summed E-state index contributed by atoms with van der Waals surface area (Å²) in [4.78, 5) is 0. The summed E-state index contributed by atoms with van der Waals surface area (Å²) in [6, 6.07) is 0.